The number of rotatable bonds is 3. The number of carboxylic acids is 1. The van der Waals surface area contributed by atoms with Crippen LogP contribution in [0.25, 0.3) is 0 Å². The largest absolute Gasteiger partial charge is 0.481 e. The zero-order valence-electron chi connectivity index (χ0n) is 10.4. The number of amides is 1. The second kappa shape index (κ2) is 5.59. The van der Waals surface area contributed by atoms with Gasteiger partial charge in [-0.1, -0.05) is 11.6 Å². The van der Waals surface area contributed by atoms with E-state index in [1.807, 2.05) is 6.92 Å². The number of hydrogen-bond donors (Lipinski definition) is 2. The maximum atomic E-state index is 12.1. The van der Waals surface area contributed by atoms with Crippen molar-refractivity contribution in [3.63, 3.8) is 0 Å². The lowest BCUT2D eigenvalue weighted by Crippen LogP contribution is -2.42. The third-order valence-corrected chi connectivity index (χ3v) is 3.24. The Morgan fingerprint density at radius 3 is 2.74 bits per heavy atom. The smallest absolute Gasteiger partial charge is 0.311 e. The fourth-order valence-electron chi connectivity index (χ4n) is 2.06. The van der Waals surface area contributed by atoms with Crippen LogP contribution < -0.4 is 5.32 Å². The first kappa shape index (κ1) is 13.8. The van der Waals surface area contributed by atoms with Gasteiger partial charge in [0.05, 0.1) is 19.3 Å². The lowest BCUT2D eigenvalue weighted by molar-refractivity contribution is -0.142. The first-order valence-corrected chi connectivity index (χ1v) is 6.24. The number of aryl methyl sites for hydroxylation is 1. The van der Waals surface area contributed by atoms with Gasteiger partial charge in [0.15, 0.2) is 0 Å². The Balaban J connectivity index is 2.10. The van der Waals surface area contributed by atoms with Crippen LogP contribution >= 0.6 is 11.6 Å². The summed E-state index contributed by atoms with van der Waals surface area (Å²) >= 11 is 5.89. The number of hydrogen-bond acceptors (Lipinski definition) is 3. The van der Waals surface area contributed by atoms with Crippen LogP contribution in [0.5, 0.6) is 0 Å². The summed E-state index contributed by atoms with van der Waals surface area (Å²) in [7, 11) is 0. The molecule has 0 radical (unpaired) electrons. The number of halogens is 1. The van der Waals surface area contributed by atoms with E-state index in [4.69, 9.17) is 21.4 Å². The Labute approximate surface area is 115 Å². The molecule has 1 aliphatic rings. The Bertz CT molecular complexity index is 497. The molecule has 2 N–H and O–H groups in total. The quantitative estimate of drug-likeness (QED) is 0.881. The van der Waals surface area contributed by atoms with Crippen LogP contribution in [-0.2, 0) is 9.53 Å². The molecule has 19 heavy (non-hydrogen) atoms. The van der Waals surface area contributed by atoms with Gasteiger partial charge in [0.2, 0.25) is 0 Å². The Morgan fingerprint density at radius 2 is 2.11 bits per heavy atom. The van der Waals surface area contributed by atoms with E-state index in [9.17, 15) is 9.59 Å². The molecule has 5 nitrogen and oxygen atoms in total. The summed E-state index contributed by atoms with van der Waals surface area (Å²) in [6.07, 6.45) is 0. The molecule has 1 heterocycles. The number of carbonyl (C=O) groups is 2. The number of aliphatic carboxylic acids is 1. The van der Waals surface area contributed by atoms with Gasteiger partial charge in [0.1, 0.15) is 5.92 Å². The number of benzene rings is 1. The second-order valence-corrected chi connectivity index (χ2v) is 5.02. The molecule has 0 saturated carbocycles. The van der Waals surface area contributed by atoms with Gasteiger partial charge in [-0.2, -0.15) is 0 Å². The van der Waals surface area contributed by atoms with Crippen molar-refractivity contribution in [2.45, 2.75) is 13.0 Å². The highest BCUT2D eigenvalue weighted by Crippen LogP contribution is 2.17. The van der Waals surface area contributed by atoms with Crippen molar-refractivity contribution in [3.8, 4) is 0 Å². The minimum Gasteiger partial charge on any atom is -0.481 e. The highest BCUT2D eigenvalue weighted by atomic mass is 35.5. The summed E-state index contributed by atoms with van der Waals surface area (Å²) in [4.78, 5) is 23.0. The van der Waals surface area contributed by atoms with Crippen LogP contribution in [0.2, 0.25) is 5.02 Å². The number of carboxylic acid groups (broad SMARTS) is 1. The van der Waals surface area contributed by atoms with E-state index in [0.29, 0.717) is 10.6 Å². The summed E-state index contributed by atoms with van der Waals surface area (Å²) in [5, 5.41) is 12.2. The molecule has 2 rings (SSSR count). The predicted octanol–water partition coefficient (Wildman–Crippen LogP) is 1.48. The Hall–Kier alpha value is -1.59. The van der Waals surface area contributed by atoms with E-state index in [1.165, 1.54) is 0 Å². The minimum absolute atomic E-state index is 0.120. The van der Waals surface area contributed by atoms with E-state index in [-0.39, 0.29) is 19.1 Å². The third-order valence-electron chi connectivity index (χ3n) is 3.02. The monoisotopic (exact) mass is 283 g/mol. The van der Waals surface area contributed by atoms with E-state index in [0.717, 1.165) is 5.56 Å². The van der Waals surface area contributed by atoms with E-state index in [1.54, 1.807) is 18.2 Å². The number of carbonyl (C=O) groups excluding carboxylic acids is 1. The average Bonchev–Trinajstić information content (AvgIpc) is 2.75. The molecular weight excluding hydrogens is 270 g/mol. The maximum absolute atomic E-state index is 12.1. The standard InChI is InChI=1S/C13H14ClNO4/c1-7-2-8(4-9(14)3-7)12(16)15-11-6-19-5-10(11)13(17)18/h2-4,10-11H,5-6H2,1H3,(H,15,16)(H,17,18). The van der Waals surface area contributed by atoms with Crippen molar-refractivity contribution < 1.29 is 19.4 Å². The summed E-state index contributed by atoms with van der Waals surface area (Å²) in [6, 6.07) is 4.49. The third kappa shape index (κ3) is 3.24. The fraction of sp³-hybridized carbons (Fsp3) is 0.385. The fourth-order valence-corrected chi connectivity index (χ4v) is 2.35. The molecule has 0 bridgehead atoms. The van der Waals surface area contributed by atoms with Crippen LogP contribution in [0.15, 0.2) is 18.2 Å². The molecule has 1 aromatic carbocycles. The first-order valence-electron chi connectivity index (χ1n) is 5.86. The van der Waals surface area contributed by atoms with E-state index < -0.39 is 17.9 Å². The summed E-state index contributed by atoms with van der Waals surface area (Å²) in [6.45, 7) is 2.17. The molecule has 2 unspecified atom stereocenters. The van der Waals surface area contributed by atoms with Gasteiger partial charge >= 0.3 is 5.97 Å². The molecule has 1 saturated heterocycles. The summed E-state index contributed by atoms with van der Waals surface area (Å²) in [5.41, 5.74) is 1.29. The van der Waals surface area contributed by atoms with Gasteiger partial charge in [-0.05, 0) is 30.7 Å². The minimum atomic E-state index is -0.968. The SMILES string of the molecule is Cc1cc(Cl)cc(C(=O)NC2COCC2C(=O)O)c1. The van der Waals surface area contributed by atoms with Crippen molar-refractivity contribution >= 4 is 23.5 Å². The van der Waals surface area contributed by atoms with Gasteiger partial charge < -0.3 is 15.2 Å². The molecule has 0 spiro atoms. The summed E-state index contributed by atoms with van der Waals surface area (Å²) < 4.78 is 5.09. The Morgan fingerprint density at radius 1 is 1.37 bits per heavy atom. The lowest BCUT2D eigenvalue weighted by Gasteiger charge is -2.16. The normalized spacial score (nSPS) is 22.2. The second-order valence-electron chi connectivity index (χ2n) is 4.58. The number of nitrogens with one attached hydrogen (secondary N) is 1. The molecule has 2 atom stereocenters. The highest BCUT2D eigenvalue weighted by Gasteiger charge is 2.35. The average molecular weight is 284 g/mol. The molecule has 1 aromatic rings. The molecule has 0 aromatic heterocycles. The molecule has 0 aliphatic carbocycles. The van der Waals surface area contributed by atoms with Crippen LogP contribution in [0.1, 0.15) is 15.9 Å². The maximum Gasteiger partial charge on any atom is 0.311 e. The molecular formula is C13H14ClNO4. The number of ether oxygens (including phenoxy) is 1. The highest BCUT2D eigenvalue weighted by molar-refractivity contribution is 6.31. The first-order chi connectivity index (χ1) is 8.97. The lowest BCUT2D eigenvalue weighted by atomic mass is 10.0. The zero-order valence-corrected chi connectivity index (χ0v) is 11.1. The van der Waals surface area contributed by atoms with Crippen LogP contribution in [0.3, 0.4) is 0 Å². The molecule has 1 aliphatic heterocycles. The van der Waals surface area contributed by atoms with Crippen molar-refractivity contribution in [2.24, 2.45) is 5.92 Å². The predicted molar refractivity (Wildman–Crippen MR) is 69.4 cm³/mol. The van der Waals surface area contributed by atoms with E-state index >= 15 is 0 Å². The van der Waals surface area contributed by atoms with Crippen LogP contribution in [-0.4, -0.2) is 36.2 Å². The van der Waals surface area contributed by atoms with Crippen molar-refractivity contribution in [3.05, 3.63) is 34.3 Å². The topological polar surface area (TPSA) is 75.6 Å². The van der Waals surface area contributed by atoms with Crippen LogP contribution in [0.4, 0.5) is 0 Å². The van der Waals surface area contributed by atoms with Crippen molar-refractivity contribution in [2.75, 3.05) is 13.2 Å². The molecule has 6 heteroatoms. The van der Waals surface area contributed by atoms with Gasteiger partial charge in [-0.15, -0.1) is 0 Å². The van der Waals surface area contributed by atoms with Crippen molar-refractivity contribution in [1.82, 2.24) is 5.32 Å². The van der Waals surface area contributed by atoms with Gasteiger partial charge in [-0.3, -0.25) is 9.59 Å². The van der Waals surface area contributed by atoms with Crippen LogP contribution in [0, 0.1) is 12.8 Å². The van der Waals surface area contributed by atoms with Gasteiger partial charge in [-0.25, -0.2) is 0 Å². The van der Waals surface area contributed by atoms with Gasteiger partial charge in [0.25, 0.3) is 5.91 Å². The Kier molecular flexibility index (Phi) is 4.07. The zero-order chi connectivity index (χ0) is 14.0. The molecule has 1 amide bonds. The molecule has 102 valence electrons. The van der Waals surface area contributed by atoms with E-state index in [2.05, 4.69) is 5.32 Å². The van der Waals surface area contributed by atoms with Crippen molar-refractivity contribution in [1.29, 1.82) is 0 Å². The van der Waals surface area contributed by atoms with Gasteiger partial charge in [0, 0.05) is 10.6 Å². The summed E-state index contributed by atoms with van der Waals surface area (Å²) in [5.74, 6) is -2.01. The molecule has 1 fully saturated rings.